The molecule has 1 saturated heterocycles. The Labute approximate surface area is 169 Å². The summed E-state index contributed by atoms with van der Waals surface area (Å²) in [7, 11) is 0. The SMILES string of the molecule is O=C(c1ccc(Cl)s1)N1CCC(Cc2n[nH]c(=O)n2-c2ccccc2F)CC1. The molecule has 1 fully saturated rings. The molecule has 28 heavy (non-hydrogen) atoms. The van der Waals surface area contributed by atoms with Crippen LogP contribution in [0.25, 0.3) is 5.69 Å². The van der Waals surface area contributed by atoms with Gasteiger partial charge in [-0.25, -0.2) is 18.9 Å². The van der Waals surface area contributed by atoms with Gasteiger partial charge in [-0.05, 0) is 43.0 Å². The molecular formula is C19H18ClFN4O2S. The van der Waals surface area contributed by atoms with Gasteiger partial charge in [-0.3, -0.25) is 4.79 Å². The van der Waals surface area contributed by atoms with Gasteiger partial charge in [0.25, 0.3) is 5.91 Å². The fraction of sp³-hybridized carbons (Fsp3) is 0.316. The molecule has 1 amide bonds. The number of thiophene rings is 1. The molecule has 0 radical (unpaired) electrons. The van der Waals surface area contributed by atoms with Crippen LogP contribution in [0.15, 0.2) is 41.2 Å². The molecule has 4 rings (SSSR count). The van der Waals surface area contributed by atoms with Gasteiger partial charge in [-0.1, -0.05) is 23.7 Å². The Hall–Kier alpha value is -2.45. The molecule has 146 valence electrons. The van der Waals surface area contributed by atoms with E-state index in [9.17, 15) is 14.0 Å². The number of para-hydroxylation sites is 1. The highest BCUT2D eigenvalue weighted by Gasteiger charge is 2.26. The average molecular weight is 421 g/mol. The monoisotopic (exact) mass is 420 g/mol. The third-order valence-electron chi connectivity index (χ3n) is 4.99. The maximum atomic E-state index is 14.1. The van der Waals surface area contributed by atoms with E-state index in [1.807, 2.05) is 4.90 Å². The molecule has 1 aliphatic heterocycles. The summed E-state index contributed by atoms with van der Waals surface area (Å²) in [5.41, 5.74) is -0.263. The van der Waals surface area contributed by atoms with Gasteiger partial charge in [0.05, 0.1) is 14.9 Å². The topological polar surface area (TPSA) is 71.0 Å². The summed E-state index contributed by atoms with van der Waals surface area (Å²) in [4.78, 5) is 27.2. The Morgan fingerprint density at radius 3 is 2.68 bits per heavy atom. The molecule has 6 nitrogen and oxygen atoms in total. The number of benzene rings is 1. The van der Waals surface area contributed by atoms with Crippen molar-refractivity contribution in [2.45, 2.75) is 19.3 Å². The average Bonchev–Trinajstić information content (AvgIpc) is 3.28. The molecule has 2 aromatic heterocycles. The Kier molecular flexibility index (Phi) is 5.32. The van der Waals surface area contributed by atoms with Crippen LogP contribution in [0.3, 0.4) is 0 Å². The van der Waals surface area contributed by atoms with Gasteiger partial charge in [0.1, 0.15) is 11.6 Å². The van der Waals surface area contributed by atoms with Crippen LogP contribution in [-0.2, 0) is 6.42 Å². The molecule has 1 aliphatic rings. The highest BCUT2D eigenvalue weighted by atomic mass is 35.5. The molecule has 9 heteroatoms. The Morgan fingerprint density at radius 1 is 1.25 bits per heavy atom. The maximum absolute atomic E-state index is 14.1. The van der Waals surface area contributed by atoms with Crippen molar-refractivity contribution < 1.29 is 9.18 Å². The predicted octanol–water partition coefficient (Wildman–Crippen LogP) is 3.51. The number of piperidine rings is 1. The molecule has 3 aromatic rings. The fourth-order valence-corrected chi connectivity index (χ4v) is 4.54. The Bertz CT molecular complexity index is 1050. The number of nitrogens with zero attached hydrogens (tertiary/aromatic N) is 3. The van der Waals surface area contributed by atoms with E-state index in [0.29, 0.717) is 34.5 Å². The second kappa shape index (κ2) is 7.89. The number of carbonyl (C=O) groups is 1. The number of amides is 1. The van der Waals surface area contributed by atoms with Crippen LogP contribution in [-0.4, -0.2) is 38.7 Å². The molecule has 0 atom stereocenters. The number of hydrogen-bond donors (Lipinski definition) is 1. The van der Waals surface area contributed by atoms with Crippen molar-refractivity contribution in [1.29, 1.82) is 0 Å². The molecule has 0 unspecified atom stereocenters. The van der Waals surface area contributed by atoms with Gasteiger partial charge in [0.2, 0.25) is 0 Å². The predicted molar refractivity (Wildman–Crippen MR) is 106 cm³/mol. The van der Waals surface area contributed by atoms with Crippen LogP contribution in [0.5, 0.6) is 0 Å². The first kappa shape index (κ1) is 18.9. The quantitative estimate of drug-likeness (QED) is 0.702. The number of hydrogen-bond acceptors (Lipinski definition) is 4. The van der Waals surface area contributed by atoms with E-state index in [4.69, 9.17) is 11.6 Å². The van der Waals surface area contributed by atoms with Crippen molar-refractivity contribution in [3.8, 4) is 5.69 Å². The molecule has 0 saturated carbocycles. The maximum Gasteiger partial charge on any atom is 0.348 e. The van der Waals surface area contributed by atoms with E-state index < -0.39 is 11.5 Å². The molecular weight excluding hydrogens is 403 g/mol. The number of halogens is 2. The molecule has 1 N–H and O–H groups in total. The molecule has 3 heterocycles. The standard InChI is InChI=1S/C19H18ClFN4O2S/c20-16-6-5-15(28-16)18(26)24-9-7-12(8-10-24)11-17-22-23-19(27)25(17)14-4-2-1-3-13(14)21/h1-6,12H,7-11H2,(H,23,27). The van der Waals surface area contributed by atoms with Crippen molar-refractivity contribution in [1.82, 2.24) is 19.7 Å². The van der Waals surface area contributed by atoms with Crippen LogP contribution < -0.4 is 5.69 Å². The van der Waals surface area contributed by atoms with Crippen LogP contribution in [0.1, 0.15) is 28.3 Å². The number of rotatable bonds is 4. The van der Waals surface area contributed by atoms with E-state index in [-0.39, 0.29) is 17.5 Å². The third kappa shape index (κ3) is 3.74. The molecule has 0 aliphatic carbocycles. The van der Waals surface area contributed by atoms with E-state index in [2.05, 4.69) is 10.2 Å². The van der Waals surface area contributed by atoms with Crippen LogP contribution in [0.2, 0.25) is 4.34 Å². The zero-order valence-corrected chi connectivity index (χ0v) is 16.5. The summed E-state index contributed by atoms with van der Waals surface area (Å²) in [6.07, 6.45) is 2.13. The summed E-state index contributed by atoms with van der Waals surface area (Å²) < 4.78 is 16.0. The number of aromatic amines is 1. The van der Waals surface area contributed by atoms with Crippen molar-refractivity contribution in [2.24, 2.45) is 5.92 Å². The van der Waals surface area contributed by atoms with Crippen molar-refractivity contribution in [3.63, 3.8) is 0 Å². The van der Waals surface area contributed by atoms with Gasteiger partial charge in [0.15, 0.2) is 0 Å². The minimum atomic E-state index is -0.470. The number of nitrogens with one attached hydrogen (secondary N) is 1. The fourth-order valence-electron chi connectivity index (χ4n) is 3.53. The Balaban J connectivity index is 1.44. The summed E-state index contributed by atoms with van der Waals surface area (Å²) in [6.45, 7) is 1.26. The number of aromatic nitrogens is 3. The lowest BCUT2D eigenvalue weighted by molar-refractivity contribution is 0.0694. The van der Waals surface area contributed by atoms with Crippen molar-refractivity contribution in [2.75, 3.05) is 13.1 Å². The number of H-pyrrole nitrogens is 1. The lowest BCUT2D eigenvalue weighted by atomic mass is 9.93. The minimum absolute atomic E-state index is 0.00150. The smallest absolute Gasteiger partial charge is 0.338 e. The first-order chi connectivity index (χ1) is 13.5. The van der Waals surface area contributed by atoms with Gasteiger partial charge < -0.3 is 4.90 Å². The third-order valence-corrected chi connectivity index (χ3v) is 6.21. The van der Waals surface area contributed by atoms with Crippen LogP contribution >= 0.6 is 22.9 Å². The van der Waals surface area contributed by atoms with E-state index >= 15 is 0 Å². The lowest BCUT2D eigenvalue weighted by Gasteiger charge is -2.31. The zero-order chi connectivity index (χ0) is 19.7. The molecule has 0 bridgehead atoms. The summed E-state index contributed by atoms with van der Waals surface area (Å²) in [6, 6.07) is 9.62. The Morgan fingerprint density at radius 2 is 2.00 bits per heavy atom. The van der Waals surface area contributed by atoms with Gasteiger partial charge in [0, 0.05) is 19.5 Å². The van der Waals surface area contributed by atoms with Crippen molar-refractivity contribution >= 4 is 28.8 Å². The first-order valence-electron chi connectivity index (χ1n) is 8.98. The van der Waals surface area contributed by atoms with Gasteiger partial charge in [-0.2, -0.15) is 5.10 Å². The second-order valence-corrected chi connectivity index (χ2v) is 8.49. The lowest BCUT2D eigenvalue weighted by Crippen LogP contribution is -2.38. The minimum Gasteiger partial charge on any atom is -0.338 e. The van der Waals surface area contributed by atoms with E-state index in [1.54, 1.807) is 30.3 Å². The first-order valence-corrected chi connectivity index (χ1v) is 10.2. The van der Waals surface area contributed by atoms with Crippen LogP contribution in [0.4, 0.5) is 4.39 Å². The summed E-state index contributed by atoms with van der Waals surface area (Å²) >= 11 is 7.20. The zero-order valence-electron chi connectivity index (χ0n) is 14.9. The van der Waals surface area contributed by atoms with Gasteiger partial charge in [-0.15, -0.1) is 11.3 Å². The number of carbonyl (C=O) groups excluding carboxylic acids is 1. The summed E-state index contributed by atoms with van der Waals surface area (Å²) in [5, 5.41) is 6.52. The van der Waals surface area contributed by atoms with Crippen LogP contribution in [0, 0.1) is 11.7 Å². The molecule has 0 spiro atoms. The second-order valence-electron chi connectivity index (χ2n) is 6.78. The van der Waals surface area contributed by atoms with Gasteiger partial charge >= 0.3 is 5.69 Å². The largest absolute Gasteiger partial charge is 0.348 e. The van der Waals surface area contributed by atoms with Crippen molar-refractivity contribution in [3.05, 3.63) is 67.7 Å². The van der Waals surface area contributed by atoms with E-state index in [0.717, 1.165) is 12.8 Å². The summed E-state index contributed by atoms with van der Waals surface area (Å²) in [5.74, 6) is 0.294. The number of likely N-dealkylation sites (tertiary alicyclic amines) is 1. The van der Waals surface area contributed by atoms with E-state index in [1.165, 1.54) is 22.0 Å². The molecule has 1 aromatic carbocycles. The highest BCUT2D eigenvalue weighted by Crippen LogP contribution is 2.26. The normalized spacial score (nSPS) is 15.1. The highest BCUT2D eigenvalue weighted by molar-refractivity contribution is 7.17.